The van der Waals surface area contributed by atoms with E-state index in [-0.39, 0.29) is 17.3 Å². The number of methoxy groups -OCH3 is 1. The second kappa shape index (κ2) is 6.94. The summed E-state index contributed by atoms with van der Waals surface area (Å²) in [5.41, 5.74) is 5.50. The molecule has 8 heteroatoms. The summed E-state index contributed by atoms with van der Waals surface area (Å²) in [7, 11) is 1.61. The number of nitrogens with two attached hydrogens (primary N) is 1. The molecule has 0 spiro atoms. The average molecular weight is 310 g/mol. The molecular formula is C13H16ClN5O2. The van der Waals surface area contributed by atoms with E-state index >= 15 is 0 Å². The largest absolute Gasteiger partial charge is 0.497 e. The van der Waals surface area contributed by atoms with E-state index in [2.05, 4.69) is 20.3 Å². The highest BCUT2D eigenvalue weighted by molar-refractivity contribution is 6.28. The van der Waals surface area contributed by atoms with Crippen LogP contribution < -0.4 is 20.5 Å². The quantitative estimate of drug-likeness (QED) is 0.842. The number of rotatable bonds is 6. The Hall–Kier alpha value is -2.28. The maximum atomic E-state index is 5.71. The SMILES string of the molecule is COc1cccc(OCC(C)Nc2nc(N)nc(Cl)n2)c1. The average Bonchev–Trinajstić information content (AvgIpc) is 2.44. The molecule has 1 heterocycles. The van der Waals surface area contributed by atoms with Gasteiger partial charge in [-0.05, 0) is 30.7 Å². The second-order valence-corrected chi connectivity index (χ2v) is 4.66. The third kappa shape index (κ3) is 4.64. The summed E-state index contributed by atoms with van der Waals surface area (Å²) >= 11 is 5.71. The van der Waals surface area contributed by atoms with Gasteiger partial charge >= 0.3 is 0 Å². The monoisotopic (exact) mass is 309 g/mol. The molecule has 1 unspecified atom stereocenters. The molecule has 0 radical (unpaired) electrons. The van der Waals surface area contributed by atoms with Gasteiger partial charge in [-0.2, -0.15) is 15.0 Å². The van der Waals surface area contributed by atoms with Gasteiger partial charge in [0.15, 0.2) is 0 Å². The fourth-order valence-corrected chi connectivity index (χ4v) is 1.77. The molecule has 0 amide bonds. The van der Waals surface area contributed by atoms with Crippen LogP contribution in [0.1, 0.15) is 6.92 Å². The van der Waals surface area contributed by atoms with E-state index in [1.807, 2.05) is 31.2 Å². The van der Waals surface area contributed by atoms with E-state index in [1.54, 1.807) is 7.11 Å². The number of benzene rings is 1. The van der Waals surface area contributed by atoms with Gasteiger partial charge in [-0.3, -0.25) is 0 Å². The molecule has 0 aliphatic rings. The van der Waals surface area contributed by atoms with Gasteiger partial charge < -0.3 is 20.5 Å². The van der Waals surface area contributed by atoms with Crippen LogP contribution in [0.25, 0.3) is 0 Å². The van der Waals surface area contributed by atoms with Crippen molar-refractivity contribution in [1.82, 2.24) is 15.0 Å². The number of nitrogen functional groups attached to an aromatic ring is 1. The smallest absolute Gasteiger partial charge is 0.229 e. The van der Waals surface area contributed by atoms with Crippen molar-refractivity contribution in [1.29, 1.82) is 0 Å². The van der Waals surface area contributed by atoms with Gasteiger partial charge in [0.25, 0.3) is 0 Å². The van der Waals surface area contributed by atoms with Crippen LogP contribution in [0.2, 0.25) is 5.28 Å². The van der Waals surface area contributed by atoms with Crippen molar-refractivity contribution in [3.05, 3.63) is 29.5 Å². The van der Waals surface area contributed by atoms with Gasteiger partial charge in [-0.1, -0.05) is 6.07 Å². The molecule has 3 N–H and O–H groups in total. The summed E-state index contributed by atoms with van der Waals surface area (Å²) in [6.07, 6.45) is 0. The summed E-state index contributed by atoms with van der Waals surface area (Å²) in [5, 5.41) is 3.09. The molecule has 0 saturated carbocycles. The van der Waals surface area contributed by atoms with Gasteiger partial charge in [0.05, 0.1) is 13.2 Å². The summed E-state index contributed by atoms with van der Waals surface area (Å²) < 4.78 is 10.8. The van der Waals surface area contributed by atoms with Crippen LogP contribution in [0.5, 0.6) is 11.5 Å². The lowest BCUT2D eigenvalue weighted by molar-refractivity contribution is 0.301. The first-order valence-electron chi connectivity index (χ1n) is 6.27. The molecule has 21 heavy (non-hydrogen) atoms. The lowest BCUT2D eigenvalue weighted by atomic mass is 10.3. The third-order valence-electron chi connectivity index (χ3n) is 2.54. The minimum absolute atomic E-state index is 0.0471. The van der Waals surface area contributed by atoms with Crippen LogP contribution in [-0.4, -0.2) is 34.7 Å². The van der Waals surface area contributed by atoms with Crippen LogP contribution >= 0.6 is 11.6 Å². The highest BCUT2D eigenvalue weighted by atomic mass is 35.5. The maximum Gasteiger partial charge on any atom is 0.229 e. The first-order chi connectivity index (χ1) is 10.1. The normalized spacial score (nSPS) is 11.8. The number of aromatic nitrogens is 3. The number of ether oxygens (including phenoxy) is 2. The Balaban J connectivity index is 1.90. The lowest BCUT2D eigenvalue weighted by Gasteiger charge is -2.15. The van der Waals surface area contributed by atoms with Crippen LogP contribution in [0.15, 0.2) is 24.3 Å². The molecule has 0 bridgehead atoms. The van der Waals surface area contributed by atoms with Crippen molar-refractivity contribution in [3.8, 4) is 11.5 Å². The zero-order valence-corrected chi connectivity index (χ0v) is 12.5. The first kappa shape index (κ1) is 15.1. The van der Waals surface area contributed by atoms with Crippen molar-refractivity contribution in [2.24, 2.45) is 0 Å². The minimum Gasteiger partial charge on any atom is -0.497 e. The number of nitrogens with one attached hydrogen (secondary N) is 1. The van der Waals surface area contributed by atoms with Crippen LogP contribution in [0.3, 0.4) is 0 Å². The molecule has 1 aromatic heterocycles. The van der Waals surface area contributed by atoms with E-state index in [1.165, 1.54) is 0 Å². The van der Waals surface area contributed by atoms with E-state index < -0.39 is 0 Å². The topological polar surface area (TPSA) is 95.2 Å². The molecular weight excluding hydrogens is 294 g/mol. The van der Waals surface area contributed by atoms with Gasteiger partial charge in [0.1, 0.15) is 18.1 Å². The molecule has 7 nitrogen and oxygen atoms in total. The van der Waals surface area contributed by atoms with Crippen LogP contribution in [0, 0.1) is 0 Å². The maximum absolute atomic E-state index is 5.71. The highest BCUT2D eigenvalue weighted by Crippen LogP contribution is 2.19. The highest BCUT2D eigenvalue weighted by Gasteiger charge is 2.08. The fraction of sp³-hybridized carbons (Fsp3) is 0.308. The standard InChI is InChI=1S/C13H16ClN5O2/c1-8(16-13-18-11(14)17-12(15)19-13)7-21-10-5-3-4-9(6-10)20-2/h3-6,8H,7H2,1-2H3,(H3,15,16,17,18,19). The molecule has 0 aliphatic carbocycles. The number of halogens is 1. The lowest BCUT2D eigenvalue weighted by Crippen LogP contribution is -2.25. The predicted octanol–water partition coefficient (Wildman–Crippen LogP) is 2.00. The number of nitrogens with zero attached hydrogens (tertiary/aromatic N) is 3. The van der Waals surface area contributed by atoms with Crippen molar-refractivity contribution in [2.75, 3.05) is 24.8 Å². The molecule has 2 rings (SSSR count). The molecule has 112 valence electrons. The zero-order valence-electron chi connectivity index (χ0n) is 11.7. The zero-order chi connectivity index (χ0) is 15.2. The van der Waals surface area contributed by atoms with Crippen molar-refractivity contribution in [2.45, 2.75) is 13.0 Å². The van der Waals surface area contributed by atoms with Crippen molar-refractivity contribution >= 4 is 23.5 Å². The number of hydrogen-bond acceptors (Lipinski definition) is 7. The fourth-order valence-electron chi connectivity index (χ4n) is 1.60. The molecule has 2 aromatic rings. The second-order valence-electron chi connectivity index (χ2n) is 4.32. The summed E-state index contributed by atoms with van der Waals surface area (Å²) in [6.45, 7) is 2.34. The Kier molecular flexibility index (Phi) is 4.99. The Bertz CT molecular complexity index is 591. The van der Waals surface area contributed by atoms with E-state index in [0.717, 1.165) is 11.5 Å². The first-order valence-corrected chi connectivity index (χ1v) is 6.65. The predicted molar refractivity (Wildman–Crippen MR) is 80.8 cm³/mol. The van der Waals surface area contributed by atoms with E-state index in [4.69, 9.17) is 26.8 Å². The van der Waals surface area contributed by atoms with Crippen molar-refractivity contribution in [3.63, 3.8) is 0 Å². The Morgan fingerprint density at radius 1 is 1.29 bits per heavy atom. The Labute approximate surface area is 127 Å². The molecule has 1 aromatic carbocycles. The Morgan fingerprint density at radius 3 is 2.76 bits per heavy atom. The Morgan fingerprint density at radius 2 is 2.05 bits per heavy atom. The third-order valence-corrected chi connectivity index (χ3v) is 2.71. The summed E-state index contributed by atoms with van der Waals surface area (Å²) in [5.74, 6) is 1.84. The minimum atomic E-state index is -0.0472. The van der Waals surface area contributed by atoms with E-state index in [0.29, 0.717) is 12.6 Å². The van der Waals surface area contributed by atoms with Gasteiger partial charge in [0, 0.05) is 6.07 Å². The van der Waals surface area contributed by atoms with Crippen LogP contribution in [0.4, 0.5) is 11.9 Å². The number of hydrogen-bond donors (Lipinski definition) is 2. The molecule has 0 aliphatic heterocycles. The van der Waals surface area contributed by atoms with Gasteiger partial charge in [-0.15, -0.1) is 0 Å². The molecule has 0 fully saturated rings. The molecule has 0 saturated heterocycles. The van der Waals surface area contributed by atoms with Crippen molar-refractivity contribution < 1.29 is 9.47 Å². The van der Waals surface area contributed by atoms with E-state index in [9.17, 15) is 0 Å². The number of anilines is 2. The van der Waals surface area contributed by atoms with Crippen LogP contribution in [-0.2, 0) is 0 Å². The van der Waals surface area contributed by atoms with Gasteiger partial charge in [0.2, 0.25) is 17.2 Å². The van der Waals surface area contributed by atoms with Gasteiger partial charge in [-0.25, -0.2) is 0 Å². The summed E-state index contributed by atoms with van der Waals surface area (Å²) in [6, 6.07) is 7.33. The summed E-state index contributed by atoms with van der Waals surface area (Å²) in [4.78, 5) is 11.6. The molecule has 1 atom stereocenters.